The molecule has 18 heavy (non-hydrogen) atoms. The van der Waals surface area contributed by atoms with Gasteiger partial charge in [0, 0.05) is 24.9 Å². The van der Waals surface area contributed by atoms with Crippen molar-refractivity contribution in [3.63, 3.8) is 0 Å². The fraction of sp³-hybridized carbons (Fsp3) is 0.385. The predicted octanol–water partition coefficient (Wildman–Crippen LogP) is 1.04. The van der Waals surface area contributed by atoms with E-state index in [1.807, 2.05) is 0 Å². The van der Waals surface area contributed by atoms with Crippen LogP contribution >= 0.6 is 0 Å². The maximum absolute atomic E-state index is 12.3. The van der Waals surface area contributed by atoms with Crippen molar-refractivity contribution < 1.29 is 14.3 Å². The molecular weight excluding hydrogens is 232 g/mol. The Morgan fingerprint density at radius 1 is 1.17 bits per heavy atom. The average molecular weight is 246 g/mol. The van der Waals surface area contributed by atoms with Gasteiger partial charge in [-0.15, -0.1) is 0 Å². The second kappa shape index (κ2) is 4.10. The van der Waals surface area contributed by atoms with Crippen molar-refractivity contribution in [2.75, 3.05) is 18.9 Å². The molecule has 94 valence electrons. The third-order valence-corrected chi connectivity index (χ3v) is 3.53. The molecule has 1 aromatic rings. The third-order valence-electron chi connectivity index (χ3n) is 3.53. The second-order valence-corrected chi connectivity index (χ2v) is 4.59. The van der Waals surface area contributed by atoms with Crippen LogP contribution in [0, 0.1) is 0 Å². The number of anilines is 1. The maximum Gasteiger partial charge on any atom is 0.263 e. The number of benzene rings is 1. The Morgan fingerprint density at radius 2 is 1.89 bits per heavy atom. The summed E-state index contributed by atoms with van der Waals surface area (Å²) in [7, 11) is 0. The molecule has 0 atom stereocenters. The number of nitrogens with two attached hydrogens (primary N) is 1. The summed E-state index contributed by atoms with van der Waals surface area (Å²) in [5.74, 6) is -0.491. The van der Waals surface area contributed by atoms with E-state index in [-0.39, 0.29) is 17.9 Å². The first-order valence-corrected chi connectivity index (χ1v) is 6.04. The highest BCUT2D eigenvalue weighted by atomic mass is 16.5. The fourth-order valence-corrected chi connectivity index (χ4v) is 2.60. The molecule has 0 saturated carbocycles. The first kappa shape index (κ1) is 11.2. The number of amides is 2. The van der Waals surface area contributed by atoms with Crippen molar-refractivity contribution in [3.8, 4) is 0 Å². The van der Waals surface area contributed by atoms with Gasteiger partial charge in [0.15, 0.2) is 0 Å². The molecule has 2 heterocycles. The molecule has 3 rings (SSSR count). The molecule has 0 spiro atoms. The van der Waals surface area contributed by atoms with E-state index >= 15 is 0 Å². The summed E-state index contributed by atoms with van der Waals surface area (Å²) in [6, 6.07) is 4.95. The first-order valence-electron chi connectivity index (χ1n) is 6.04. The summed E-state index contributed by atoms with van der Waals surface area (Å²) < 4.78 is 5.26. The van der Waals surface area contributed by atoms with Crippen molar-refractivity contribution in [1.29, 1.82) is 0 Å². The van der Waals surface area contributed by atoms with Gasteiger partial charge < -0.3 is 10.5 Å². The Labute approximate surface area is 105 Å². The lowest BCUT2D eigenvalue weighted by Gasteiger charge is -2.29. The van der Waals surface area contributed by atoms with Crippen LogP contribution in [0.4, 0.5) is 5.69 Å². The van der Waals surface area contributed by atoms with Crippen LogP contribution in [0.3, 0.4) is 0 Å². The molecule has 2 N–H and O–H groups in total. The molecule has 0 bridgehead atoms. The minimum Gasteiger partial charge on any atom is -0.398 e. The zero-order valence-corrected chi connectivity index (χ0v) is 9.89. The van der Waals surface area contributed by atoms with Crippen molar-refractivity contribution in [3.05, 3.63) is 29.3 Å². The molecule has 2 aliphatic heterocycles. The summed E-state index contributed by atoms with van der Waals surface area (Å²) >= 11 is 0. The van der Waals surface area contributed by atoms with Crippen LogP contribution in [-0.4, -0.2) is 36.0 Å². The summed E-state index contributed by atoms with van der Waals surface area (Å²) in [6.07, 6.45) is 1.40. The predicted molar refractivity (Wildman–Crippen MR) is 65.2 cm³/mol. The van der Waals surface area contributed by atoms with E-state index in [2.05, 4.69) is 0 Å². The highest BCUT2D eigenvalue weighted by Crippen LogP contribution is 2.31. The molecule has 0 unspecified atom stereocenters. The minimum atomic E-state index is -0.264. The summed E-state index contributed by atoms with van der Waals surface area (Å²) in [5.41, 5.74) is 6.95. The van der Waals surface area contributed by atoms with Crippen LogP contribution < -0.4 is 5.73 Å². The van der Waals surface area contributed by atoms with Gasteiger partial charge in [0.05, 0.1) is 11.1 Å². The monoisotopic (exact) mass is 246 g/mol. The topological polar surface area (TPSA) is 72.6 Å². The summed E-state index contributed by atoms with van der Waals surface area (Å²) in [5, 5.41) is 0. The van der Waals surface area contributed by atoms with Crippen molar-refractivity contribution >= 4 is 17.5 Å². The number of nitrogens with zero attached hydrogens (tertiary/aromatic N) is 1. The number of carbonyl (C=O) groups is 2. The standard InChI is InChI=1S/C13H14N2O3/c14-10-3-1-2-9-11(10)13(17)15(12(9)16)8-4-6-18-7-5-8/h1-3,8H,4-7,14H2. The Bertz CT molecular complexity index is 521. The van der Waals surface area contributed by atoms with E-state index in [0.717, 1.165) is 0 Å². The maximum atomic E-state index is 12.3. The number of carbonyl (C=O) groups excluding carboxylic acids is 2. The van der Waals surface area contributed by atoms with Gasteiger partial charge in [-0.05, 0) is 25.0 Å². The second-order valence-electron chi connectivity index (χ2n) is 4.59. The van der Waals surface area contributed by atoms with Gasteiger partial charge in [0.2, 0.25) is 0 Å². The van der Waals surface area contributed by atoms with E-state index in [9.17, 15) is 9.59 Å². The fourth-order valence-electron chi connectivity index (χ4n) is 2.60. The lowest BCUT2D eigenvalue weighted by atomic mass is 10.1. The van der Waals surface area contributed by atoms with Gasteiger partial charge in [-0.3, -0.25) is 14.5 Å². The lowest BCUT2D eigenvalue weighted by Crippen LogP contribution is -2.43. The number of nitrogen functional groups attached to an aromatic ring is 1. The highest BCUT2D eigenvalue weighted by Gasteiger charge is 2.41. The first-order chi connectivity index (χ1) is 8.70. The minimum absolute atomic E-state index is 0.0643. The summed E-state index contributed by atoms with van der Waals surface area (Å²) in [6.45, 7) is 1.18. The van der Waals surface area contributed by atoms with E-state index in [4.69, 9.17) is 10.5 Å². The number of hydrogen-bond donors (Lipinski definition) is 1. The SMILES string of the molecule is Nc1cccc2c1C(=O)N(C1CCOCC1)C2=O. The van der Waals surface area contributed by atoms with Crippen LogP contribution in [-0.2, 0) is 4.74 Å². The van der Waals surface area contributed by atoms with Crippen molar-refractivity contribution in [2.24, 2.45) is 0 Å². The van der Waals surface area contributed by atoms with Gasteiger partial charge >= 0.3 is 0 Å². The number of rotatable bonds is 1. The molecule has 1 saturated heterocycles. The van der Waals surface area contributed by atoms with Gasteiger partial charge in [-0.25, -0.2) is 0 Å². The van der Waals surface area contributed by atoms with E-state index in [1.165, 1.54) is 4.90 Å². The van der Waals surface area contributed by atoms with Gasteiger partial charge in [-0.1, -0.05) is 6.07 Å². The molecule has 0 aromatic heterocycles. The van der Waals surface area contributed by atoms with Crippen LogP contribution in [0.15, 0.2) is 18.2 Å². The smallest absolute Gasteiger partial charge is 0.263 e. The number of hydrogen-bond acceptors (Lipinski definition) is 4. The molecule has 0 aliphatic carbocycles. The van der Waals surface area contributed by atoms with E-state index < -0.39 is 0 Å². The zero-order chi connectivity index (χ0) is 12.7. The van der Waals surface area contributed by atoms with Crippen molar-refractivity contribution in [2.45, 2.75) is 18.9 Å². The summed E-state index contributed by atoms with van der Waals surface area (Å²) in [4.78, 5) is 25.9. The van der Waals surface area contributed by atoms with Crippen LogP contribution in [0.1, 0.15) is 33.6 Å². The van der Waals surface area contributed by atoms with Crippen LogP contribution in [0.25, 0.3) is 0 Å². The molecule has 2 amide bonds. The molecule has 1 fully saturated rings. The Morgan fingerprint density at radius 3 is 2.56 bits per heavy atom. The third kappa shape index (κ3) is 1.51. The zero-order valence-electron chi connectivity index (χ0n) is 9.89. The normalized spacial score (nSPS) is 20.3. The molecule has 2 aliphatic rings. The Balaban J connectivity index is 1.99. The quantitative estimate of drug-likeness (QED) is 0.593. The Hall–Kier alpha value is -1.88. The largest absolute Gasteiger partial charge is 0.398 e. The number of imide groups is 1. The van der Waals surface area contributed by atoms with Gasteiger partial charge in [0.25, 0.3) is 11.8 Å². The molecular formula is C13H14N2O3. The van der Waals surface area contributed by atoms with Crippen LogP contribution in [0.2, 0.25) is 0 Å². The Kier molecular flexibility index (Phi) is 2.56. The molecule has 1 aromatic carbocycles. The van der Waals surface area contributed by atoms with Gasteiger partial charge in [0.1, 0.15) is 0 Å². The van der Waals surface area contributed by atoms with Crippen LogP contribution in [0.5, 0.6) is 0 Å². The number of fused-ring (bicyclic) bond motifs is 1. The van der Waals surface area contributed by atoms with E-state index in [0.29, 0.717) is 42.9 Å². The highest BCUT2D eigenvalue weighted by molar-refractivity contribution is 6.23. The van der Waals surface area contributed by atoms with E-state index in [1.54, 1.807) is 18.2 Å². The van der Waals surface area contributed by atoms with Crippen molar-refractivity contribution in [1.82, 2.24) is 4.90 Å². The average Bonchev–Trinajstić information content (AvgIpc) is 2.64. The lowest BCUT2D eigenvalue weighted by molar-refractivity contribution is 0.0295. The molecule has 0 radical (unpaired) electrons. The molecule has 5 heteroatoms. The molecule has 5 nitrogen and oxygen atoms in total. The van der Waals surface area contributed by atoms with Gasteiger partial charge in [-0.2, -0.15) is 0 Å². The number of ether oxygens (including phenoxy) is 1.